The van der Waals surface area contributed by atoms with Gasteiger partial charge in [0.05, 0.1) is 24.6 Å². The molecule has 5 aliphatic rings. The monoisotopic (exact) mass is 500 g/mol. The van der Waals surface area contributed by atoms with Crippen LogP contribution in [-0.4, -0.2) is 39.4 Å². The summed E-state index contributed by atoms with van der Waals surface area (Å²) in [7, 11) is 0. The molecule has 4 fully saturated rings. The van der Waals surface area contributed by atoms with Crippen molar-refractivity contribution in [1.29, 1.82) is 5.41 Å². The van der Waals surface area contributed by atoms with Crippen LogP contribution in [0.5, 0.6) is 0 Å². The average molecular weight is 501 g/mol. The normalized spacial score (nSPS) is 30.0. The Bertz CT molecular complexity index is 1230. The molecule has 2 bridgehead atoms. The van der Waals surface area contributed by atoms with E-state index in [1.165, 1.54) is 0 Å². The second-order valence-corrected chi connectivity index (χ2v) is 11.7. The van der Waals surface area contributed by atoms with Gasteiger partial charge in [-0.15, -0.1) is 0 Å². The van der Waals surface area contributed by atoms with Gasteiger partial charge in [-0.25, -0.2) is 0 Å². The molecule has 1 unspecified atom stereocenters. The number of hydrogen-bond acceptors (Lipinski definition) is 4. The van der Waals surface area contributed by atoms with Gasteiger partial charge < -0.3 is 15.7 Å². The topological polar surface area (TPSA) is 106 Å². The molecule has 4 N–H and O–H groups in total. The molecule has 3 saturated carbocycles. The van der Waals surface area contributed by atoms with E-state index in [0.29, 0.717) is 24.3 Å². The Morgan fingerprint density at radius 2 is 1.89 bits per heavy atom. The fraction of sp³-hybridized carbons (Fsp3) is 0.500. The number of fused-ring (bicyclic) bond motifs is 1. The third-order valence-corrected chi connectivity index (χ3v) is 9.62. The van der Waals surface area contributed by atoms with Crippen LogP contribution in [0.3, 0.4) is 0 Å². The van der Waals surface area contributed by atoms with Crippen molar-refractivity contribution in [1.82, 2.24) is 15.5 Å². The lowest BCUT2D eigenvalue weighted by Crippen LogP contribution is -2.67. The molecular formula is C30H36N4O3. The second kappa shape index (κ2) is 8.69. The third-order valence-electron chi connectivity index (χ3n) is 9.62. The van der Waals surface area contributed by atoms with Crippen molar-refractivity contribution >= 4 is 17.8 Å². The number of aliphatic hydroxyl groups excluding tert-OH is 1. The Balaban J connectivity index is 1.29. The predicted molar refractivity (Wildman–Crippen MR) is 141 cm³/mol. The molecule has 1 saturated heterocycles. The summed E-state index contributed by atoms with van der Waals surface area (Å²) < 4.78 is 0. The molecule has 2 aromatic rings. The van der Waals surface area contributed by atoms with Gasteiger partial charge in [0.25, 0.3) is 5.91 Å². The summed E-state index contributed by atoms with van der Waals surface area (Å²) in [6.45, 7) is 4.13. The molecule has 7 heteroatoms. The Hall–Kier alpha value is -3.19. The molecular weight excluding hydrogens is 464 g/mol. The number of guanidine groups is 1. The Morgan fingerprint density at radius 3 is 2.54 bits per heavy atom. The standard InChI is InChI=1S/C30H36N4O3/c1-3-30(4-2)17-24(36)34(28(31)33-30)26(29-14-18(15-29)16-29)20-9-7-10-21(12-20)27(37)32-25-22-11-6-5-8-19(22)13-23(25)35/h5-12,18,23,25-26,35H,3-4,13-17H2,1-2H3,(H2,31,33)(H,32,37)/t18?,23-,25-,26?,29?/m1/s1. The van der Waals surface area contributed by atoms with Gasteiger partial charge in [-0.2, -0.15) is 0 Å². The highest BCUT2D eigenvalue weighted by atomic mass is 16.3. The number of hydrogen-bond donors (Lipinski definition) is 4. The van der Waals surface area contributed by atoms with Crippen molar-refractivity contribution < 1.29 is 14.7 Å². The molecule has 0 radical (unpaired) electrons. The van der Waals surface area contributed by atoms with Crippen LogP contribution in [0.2, 0.25) is 0 Å². The largest absolute Gasteiger partial charge is 0.390 e. The SMILES string of the molecule is CCC1(CC)CC(=O)N(C(c2cccc(C(=O)N[C@@H]3c4ccccc4C[C@H]3O)c2)C23CC(C2)C3)C(=N)N1. The number of carbonyl (C=O) groups excluding carboxylic acids is 2. The van der Waals surface area contributed by atoms with Gasteiger partial charge in [-0.05, 0) is 72.3 Å². The Labute approximate surface area is 218 Å². The summed E-state index contributed by atoms with van der Waals surface area (Å²) in [6.07, 6.45) is 4.99. The van der Waals surface area contributed by atoms with Gasteiger partial charge in [0, 0.05) is 17.5 Å². The summed E-state index contributed by atoms with van der Waals surface area (Å²) in [4.78, 5) is 28.7. The van der Waals surface area contributed by atoms with Crippen LogP contribution in [0.15, 0.2) is 48.5 Å². The Morgan fingerprint density at radius 1 is 1.16 bits per heavy atom. The van der Waals surface area contributed by atoms with E-state index >= 15 is 0 Å². The first kappa shape index (κ1) is 24.2. The molecule has 0 aromatic heterocycles. The third kappa shape index (κ3) is 3.78. The van der Waals surface area contributed by atoms with Crippen LogP contribution in [-0.2, 0) is 11.2 Å². The molecule has 7 rings (SSSR count). The maximum Gasteiger partial charge on any atom is 0.251 e. The van der Waals surface area contributed by atoms with Gasteiger partial charge in [-0.3, -0.25) is 19.9 Å². The lowest BCUT2D eigenvalue weighted by atomic mass is 9.41. The Kier molecular flexibility index (Phi) is 5.68. The summed E-state index contributed by atoms with van der Waals surface area (Å²) >= 11 is 0. The van der Waals surface area contributed by atoms with Crippen LogP contribution < -0.4 is 10.6 Å². The number of rotatable bonds is 7. The minimum atomic E-state index is -0.659. The van der Waals surface area contributed by atoms with Crippen LogP contribution in [0.4, 0.5) is 0 Å². The number of nitrogens with zero attached hydrogens (tertiary/aromatic N) is 1. The fourth-order valence-electron chi connectivity index (χ4n) is 7.28. The van der Waals surface area contributed by atoms with E-state index in [1.54, 1.807) is 11.0 Å². The number of nitrogens with one attached hydrogen (secondary N) is 3. The molecule has 2 amide bonds. The van der Waals surface area contributed by atoms with Crippen molar-refractivity contribution in [3.8, 4) is 0 Å². The van der Waals surface area contributed by atoms with Gasteiger partial charge >= 0.3 is 0 Å². The van der Waals surface area contributed by atoms with E-state index in [9.17, 15) is 14.7 Å². The van der Waals surface area contributed by atoms with E-state index in [2.05, 4.69) is 24.5 Å². The zero-order valence-electron chi connectivity index (χ0n) is 21.6. The molecule has 0 spiro atoms. The minimum Gasteiger partial charge on any atom is -0.390 e. The van der Waals surface area contributed by atoms with E-state index in [4.69, 9.17) is 5.41 Å². The lowest BCUT2D eigenvalue weighted by molar-refractivity contribution is -0.169. The highest BCUT2D eigenvalue weighted by Crippen LogP contribution is 2.71. The number of benzene rings is 2. The summed E-state index contributed by atoms with van der Waals surface area (Å²) in [5.41, 5.74) is 3.03. The first-order chi connectivity index (χ1) is 17.8. The molecule has 3 atom stereocenters. The molecule has 194 valence electrons. The fourth-order valence-corrected chi connectivity index (χ4v) is 7.28. The van der Waals surface area contributed by atoms with Gasteiger partial charge in [0.2, 0.25) is 5.91 Å². The van der Waals surface area contributed by atoms with E-state index in [1.807, 2.05) is 42.5 Å². The minimum absolute atomic E-state index is 0.0114. The molecule has 2 aromatic carbocycles. The van der Waals surface area contributed by atoms with Gasteiger partial charge in [0.1, 0.15) is 0 Å². The average Bonchev–Trinajstić information content (AvgIpc) is 3.15. The molecule has 1 aliphatic heterocycles. The number of carbonyl (C=O) groups is 2. The number of aliphatic hydroxyl groups is 1. The number of amides is 2. The van der Waals surface area contributed by atoms with Crippen molar-refractivity contribution in [2.75, 3.05) is 0 Å². The maximum absolute atomic E-state index is 13.6. The zero-order valence-corrected chi connectivity index (χ0v) is 21.6. The molecule has 4 aliphatic carbocycles. The zero-order chi connectivity index (χ0) is 25.9. The summed E-state index contributed by atoms with van der Waals surface area (Å²) in [5.74, 6) is 0.636. The van der Waals surface area contributed by atoms with Crippen molar-refractivity contribution in [3.63, 3.8) is 0 Å². The summed E-state index contributed by atoms with van der Waals surface area (Å²) in [6, 6.07) is 14.6. The predicted octanol–water partition coefficient (Wildman–Crippen LogP) is 4.23. The molecule has 37 heavy (non-hydrogen) atoms. The highest BCUT2D eigenvalue weighted by Gasteiger charge is 2.63. The highest BCUT2D eigenvalue weighted by molar-refractivity contribution is 6.00. The van der Waals surface area contributed by atoms with Crippen LogP contribution in [0, 0.1) is 16.7 Å². The van der Waals surface area contributed by atoms with Crippen LogP contribution >= 0.6 is 0 Å². The van der Waals surface area contributed by atoms with Gasteiger partial charge in [-0.1, -0.05) is 50.2 Å². The maximum atomic E-state index is 13.6. The smallest absolute Gasteiger partial charge is 0.251 e. The van der Waals surface area contributed by atoms with Gasteiger partial charge in [0.15, 0.2) is 5.96 Å². The lowest BCUT2D eigenvalue weighted by Gasteiger charge is -2.67. The first-order valence-electron chi connectivity index (χ1n) is 13.6. The summed E-state index contributed by atoms with van der Waals surface area (Å²) in [5, 5.41) is 25.9. The van der Waals surface area contributed by atoms with Crippen LogP contribution in [0.1, 0.15) is 91.5 Å². The van der Waals surface area contributed by atoms with E-state index in [-0.39, 0.29) is 34.8 Å². The van der Waals surface area contributed by atoms with E-state index in [0.717, 1.165) is 48.8 Å². The second-order valence-electron chi connectivity index (χ2n) is 11.7. The molecule has 7 nitrogen and oxygen atoms in total. The van der Waals surface area contributed by atoms with E-state index < -0.39 is 12.1 Å². The van der Waals surface area contributed by atoms with Crippen molar-refractivity contribution in [2.45, 2.75) is 82.5 Å². The molecule has 1 heterocycles. The first-order valence-corrected chi connectivity index (χ1v) is 13.6. The van der Waals surface area contributed by atoms with Crippen LogP contribution in [0.25, 0.3) is 0 Å². The van der Waals surface area contributed by atoms with Crippen molar-refractivity contribution in [2.24, 2.45) is 11.3 Å². The quantitative estimate of drug-likeness (QED) is 0.457. The van der Waals surface area contributed by atoms with Crippen molar-refractivity contribution in [3.05, 3.63) is 70.8 Å².